The van der Waals surface area contributed by atoms with Gasteiger partial charge in [-0.15, -0.1) is 0 Å². The van der Waals surface area contributed by atoms with Crippen molar-refractivity contribution in [3.05, 3.63) is 11.6 Å². The van der Waals surface area contributed by atoms with Crippen molar-refractivity contribution in [1.82, 2.24) is 10.2 Å². The van der Waals surface area contributed by atoms with E-state index in [2.05, 4.69) is 5.32 Å². The van der Waals surface area contributed by atoms with Crippen LogP contribution in [0.3, 0.4) is 0 Å². The molecule has 0 aromatic carbocycles. The van der Waals surface area contributed by atoms with Gasteiger partial charge in [0.15, 0.2) is 0 Å². The molecule has 24 heavy (non-hydrogen) atoms. The molecule has 4 nitrogen and oxygen atoms in total. The number of hydrogen-bond donors (Lipinski definition) is 1. The molecule has 2 rings (SSSR count). The van der Waals surface area contributed by atoms with E-state index < -0.39 is 12.1 Å². The van der Waals surface area contributed by atoms with Gasteiger partial charge in [-0.3, -0.25) is 9.59 Å². The van der Waals surface area contributed by atoms with Gasteiger partial charge in [-0.05, 0) is 44.4 Å². The van der Waals surface area contributed by atoms with E-state index in [0.29, 0.717) is 25.3 Å². The summed E-state index contributed by atoms with van der Waals surface area (Å²) in [4.78, 5) is 24.0. The second-order valence-electron chi connectivity index (χ2n) is 6.85. The lowest BCUT2D eigenvalue weighted by Crippen LogP contribution is -2.46. The quantitative estimate of drug-likeness (QED) is 0.796. The topological polar surface area (TPSA) is 49.4 Å². The Bertz CT molecular complexity index is 489. The number of allylic oxidation sites excluding steroid dienone is 1. The molecular weight excluding hydrogens is 321 g/mol. The molecule has 7 heteroatoms. The summed E-state index contributed by atoms with van der Waals surface area (Å²) in [5.41, 5.74) is 1.11. The minimum atomic E-state index is -4.80. The highest BCUT2D eigenvalue weighted by Crippen LogP contribution is 2.30. The minimum Gasteiger partial charge on any atom is -0.352 e. The van der Waals surface area contributed by atoms with Crippen molar-refractivity contribution in [1.29, 1.82) is 0 Å². The van der Waals surface area contributed by atoms with E-state index in [9.17, 15) is 22.8 Å². The summed E-state index contributed by atoms with van der Waals surface area (Å²) in [6.45, 7) is 2.61. The third-order valence-corrected chi connectivity index (χ3v) is 5.07. The van der Waals surface area contributed by atoms with Crippen molar-refractivity contribution < 1.29 is 22.8 Å². The van der Waals surface area contributed by atoms with Gasteiger partial charge >= 0.3 is 12.1 Å². The molecule has 0 aromatic heterocycles. The number of rotatable bonds is 4. The van der Waals surface area contributed by atoms with Gasteiger partial charge in [-0.2, -0.15) is 13.2 Å². The second-order valence-corrected chi connectivity index (χ2v) is 6.85. The SMILES string of the molecule is C/C(=C\C(=O)NCC1CCN(C(=O)C(F)(F)F)CC1)C1CCCC1. The molecule has 1 heterocycles. The number of likely N-dealkylation sites (tertiary alicyclic amines) is 1. The Hall–Kier alpha value is -1.53. The van der Waals surface area contributed by atoms with Crippen LogP contribution in [-0.4, -0.2) is 42.5 Å². The standard InChI is InChI=1S/C17H25F3N2O2/c1-12(14-4-2-3-5-14)10-15(23)21-11-13-6-8-22(9-7-13)16(24)17(18,19)20/h10,13-14H,2-9,11H2,1H3,(H,21,23)/b12-10+. The predicted octanol–water partition coefficient (Wildman–Crippen LogP) is 3.04. The maximum Gasteiger partial charge on any atom is 0.471 e. The minimum absolute atomic E-state index is 0.0931. The first kappa shape index (κ1) is 18.8. The third-order valence-electron chi connectivity index (χ3n) is 5.07. The molecule has 2 fully saturated rings. The van der Waals surface area contributed by atoms with Crippen LogP contribution in [0.1, 0.15) is 45.4 Å². The molecule has 2 aliphatic rings. The van der Waals surface area contributed by atoms with Crippen molar-refractivity contribution in [2.75, 3.05) is 19.6 Å². The highest BCUT2D eigenvalue weighted by molar-refractivity contribution is 5.88. The fourth-order valence-electron chi connectivity index (χ4n) is 3.52. The first-order valence-corrected chi connectivity index (χ1v) is 8.59. The number of carbonyl (C=O) groups is 2. The van der Waals surface area contributed by atoms with Gasteiger partial charge in [0.05, 0.1) is 0 Å². The van der Waals surface area contributed by atoms with Crippen LogP contribution in [0.2, 0.25) is 0 Å². The number of alkyl halides is 3. The van der Waals surface area contributed by atoms with E-state index in [0.717, 1.165) is 23.3 Å². The van der Waals surface area contributed by atoms with Gasteiger partial charge in [0.2, 0.25) is 5.91 Å². The Balaban J connectivity index is 1.71. The average Bonchev–Trinajstić information content (AvgIpc) is 3.06. The number of nitrogens with zero attached hydrogens (tertiary/aromatic N) is 1. The molecule has 1 saturated heterocycles. The second kappa shape index (κ2) is 8.03. The van der Waals surface area contributed by atoms with E-state index in [-0.39, 0.29) is 24.9 Å². The monoisotopic (exact) mass is 346 g/mol. The summed E-state index contributed by atoms with van der Waals surface area (Å²) in [6.07, 6.45) is 2.52. The van der Waals surface area contributed by atoms with Gasteiger partial charge in [-0.1, -0.05) is 18.4 Å². The van der Waals surface area contributed by atoms with Gasteiger partial charge in [0.25, 0.3) is 0 Å². The molecule has 1 N–H and O–H groups in total. The van der Waals surface area contributed by atoms with Crippen LogP contribution in [0.5, 0.6) is 0 Å². The Morgan fingerprint density at radius 3 is 2.25 bits per heavy atom. The molecule has 1 aliphatic heterocycles. The summed E-state index contributed by atoms with van der Waals surface area (Å²) in [5.74, 6) is -1.27. The van der Waals surface area contributed by atoms with Crippen molar-refractivity contribution in [3.63, 3.8) is 0 Å². The number of amides is 2. The first-order valence-electron chi connectivity index (χ1n) is 8.59. The lowest BCUT2D eigenvalue weighted by molar-refractivity contribution is -0.186. The molecule has 0 bridgehead atoms. The maximum absolute atomic E-state index is 12.4. The molecule has 1 saturated carbocycles. The molecule has 0 radical (unpaired) electrons. The predicted molar refractivity (Wildman–Crippen MR) is 84.1 cm³/mol. The van der Waals surface area contributed by atoms with Crippen LogP contribution in [-0.2, 0) is 9.59 Å². The van der Waals surface area contributed by atoms with Crippen LogP contribution in [0.25, 0.3) is 0 Å². The highest BCUT2D eigenvalue weighted by Gasteiger charge is 2.43. The Kier molecular flexibility index (Phi) is 6.29. The van der Waals surface area contributed by atoms with Crippen LogP contribution < -0.4 is 5.32 Å². The Morgan fingerprint density at radius 1 is 1.12 bits per heavy atom. The normalized spacial score (nSPS) is 21.2. The summed E-state index contributed by atoms with van der Waals surface area (Å²) < 4.78 is 37.1. The molecule has 0 aromatic rings. The summed E-state index contributed by atoms with van der Waals surface area (Å²) in [5, 5.41) is 2.84. The van der Waals surface area contributed by atoms with Crippen molar-refractivity contribution >= 4 is 11.8 Å². The zero-order valence-corrected chi connectivity index (χ0v) is 14.0. The number of carbonyl (C=O) groups excluding carboxylic acids is 2. The number of hydrogen-bond acceptors (Lipinski definition) is 2. The molecule has 0 spiro atoms. The van der Waals surface area contributed by atoms with Gasteiger partial charge in [0.1, 0.15) is 0 Å². The van der Waals surface area contributed by atoms with Gasteiger partial charge in [-0.25, -0.2) is 0 Å². The van der Waals surface area contributed by atoms with Gasteiger partial charge in [0, 0.05) is 25.7 Å². The number of piperidine rings is 1. The largest absolute Gasteiger partial charge is 0.471 e. The number of halogens is 3. The van der Waals surface area contributed by atoms with E-state index in [1.165, 1.54) is 12.8 Å². The van der Waals surface area contributed by atoms with Gasteiger partial charge < -0.3 is 10.2 Å². The smallest absolute Gasteiger partial charge is 0.352 e. The fraction of sp³-hybridized carbons (Fsp3) is 0.765. The van der Waals surface area contributed by atoms with Crippen molar-refractivity contribution in [2.24, 2.45) is 11.8 Å². The summed E-state index contributed by atoms with van der Waals surface area (Å²) in [6, 6.07) is 0. The molecule has 1 aliphatic carbocycles. The summed E-state index contributed by atoms with van der Waals surface area (Å²) in [7, 11) is 0. The van der Waals surface area contributed by atoms with Crippen LogP contribution in [0.4, 0.5) is 13.2 Å². The molecule has 0 atom stereocenters. The number of nitrogens with one attached hydrogen (secondary N) is 1. The summed E-state index contributed by atoms with van der Waals surface area (Å²) >= 11 is 0. The van der Waals surface area contributed by atoms with E-state index >= 15 is 0 Å². The van der Waals surface area contributed by atoms with E-state index in [1.54, 1.807) is 6.08 Å². The van der Waals surface area contributed by atoms with Crippen LogP contribution >= 0.6 is 0 Å². The first-order chi connectivity index (χ1) is 11.3. The average molecular weight is 346 g/mol. The molecular formula is C17H25F3N2O2. The van der Waals surface area contributed by atoms with Crippen LogP contribution in [0.15, 0.2) is 11.6 Å². The van der Waals surface area contributed by atoms with E-state index in [4.69, 9.17) is 0 Å². The Morgan fingerprint density at radius 2 is 1.71 bits per heavy atom. The third kappa shape index (κ3) is 5.24. The zero-order valence-electron chi connectivity index (χ0n) is 14.0. The van der Waals surface area contributed by atoms with Crippen LogP contribution in [0, 0.1) is 11.8 Å². The fourth-order valence-corrected chi connectivity index (χ4v) is 3.52. The van der Waals surface area contributed by atoms with Crippen molar-refractivity contribution in [3.8, 4) is 0 Å². The molecule has 136 valence electrons. The lowest BCUT2D eigenvalue weighted by atomic mass is 9.96. The zero-order chi connectivity index (χ0) is 17.7. The molecule has 2 amide bonds. The van der Waals surface area contributed by atoms with Crippen molar-refractivity contribution in [2.45, 2.75) is 51.6 Å². The lowest BCUT2D eigenvalue weighted by Gasteiger charge is -2.32. The molecule has 0 unspecified atom stereocenters. The van der Waals surface area contributed by atoms with E-state index in [1.807, 2.05) is 6.92 Å². The maximum atomic E-state index is 12.4. The Labute approximate surface area is 140 Å². The highest BCUT2D eigenvalue weighted by atomic mass is 19.4.